The summed E-state index contributed by atoms with van der Waals surface area (Å²) < 4.78 is 5.02. The van der Waals surface area contributed by atoms with Crippen LogP contribution in [0.5, 0.6) is 0 Å². The lowest BCUT2D eigenvalue weighted by molar-refractivity contribution is 0.0549. The third-order valence-electron chi connectivity index (χ3n) is 1.76. The van der Waals surface area contributed by atoms with Crippen molar-refractivity contribution < 1.29 is 9.53 Å². The van der Waals surface area contributed by atoms with Gasteiger partial charge in [0.15, 0.2) is 0 Å². The Morgan fingerprint density at radius 3 is 2.67 bits per heavy atom. The Hall–Kier alpha value is -1.83. The molecule has 0 spiro atoms. The molecule has 15 heavy (non-hydrogen) atoms. The van der Waals surface area contributed by atoms with Crippen molar-refractivity contribution in [2.75, 3.05) is 6.61 Å². The number of hydrogen-bond acceptors (Lipinski definition) is 2. The minimum atomic E-state index is -0.291. The highest BCUT2D eigenvalue weighted by atomic mass is 16.5. The maximum atomic E-state index is 11.4. The average molecular weight is 202 g/mol. The molecule has 0 amide bonds. The Labute approximate surface area is 89.9 Å². The highest BCUT2D eigenvalue weighted by Crippen LogP contribution is 2.00. The van der Waals surface area contributed by atoms with Crippen molar-refractivity contribution in [3.8, 4) is 0 Å². The van der Waals surface area contributed by atoms with Crippen molar-refractivity contribution in [2.24, 2.45) is 0 Å². The molecule has 0 unspecified atom stereocenters. The molecule has 0 aromatic heterocycles. The fourth-order valence-electron chi connectivity index (χ4n) is 1.03. The van der Waals surface area contributed by atoms with Crippen LogP contribution >= 0.6 is 0 Å². The largest absolute Gasteiger partial charge is 0.458 e. The van der Waals surface area contributed by atoms with Crippen molar-refractivity contribution in [2.45, 2.75) is 6.92 Å². The molecule has 0 saturated carbocycles. The second kappa shape index (κ2) is 6.60. The zero-order valence-corrected chi connectivity index (χ0v) is 8.72. The third kappa shape index (κ3) is 4.27. The summed E-state index contributed by atoms with van der Waals surface area (Å²) in [4.78, 5) is 11.4. The number of esters is 1. The smallest absolute Gasteiger partial charge is 0.338 e. The van der Waals surface area contributed by atoms with Gasteiger partial charge in [-0.2, -0.15) is 0 Å². The first kappa shape index (κ1) is 11.2. The summed E-state index contributed by atoms with van der Waals surface area (Å²) in [7, 11) is 0. The minimum absolute atomic E-state index is 0.291. The molecule has 1 rings (SSSR count). The molecule has 0 aliphatic carbocycles. The molecule has 0 atom stereocenters. The fourth-order valence-corrected chi connectivity index (χ4v) is 1.03. The van der Waals surface area contributed by atoms with Gasteiger partial charge in [0, 0.05) is 0 Å². The van der Waals surface area contributed by atoms with Gasteiger partial charge in [0.2, 0.25) is 0 Å². The average Bonchev–Trinajstić information content (AvgIpc) is 2.30. The first-order valence-electron chi connectivity index (χ1n) is 4.84. The van der Waals surface area contributed by atoms with E-state index in [-0.39, 0.29) is 5.97 Å². The topological polar surface area (TPSA) is 26.3 Å². The van der Waals surface area contributed by atoms with Crippen LogP contribution in [0.3, 0.4) is 0 Å². The lowest BCUT2D eigenvalue weighted by Crippen LogP contribution is -2.04. The Balaban J connectivity index is 2.37. The van der Waals surface area contributed by atoms with Crippen molar-refractivity contribution in [3.63, 3.8) is 0 Å². The normalized spacial score (nSPS) is 11.0. The van der Waals surface area contributed by atoms with Crippen LogP contribution in [0, 0.1) is 0 Å². The Morgan fingerprint density at radius 1 is 1.27 bits per heavy atom. The predicted octanol–water partition coefficient (Wildman–Crippen LogP) is 2.98. The van der Waals surface area contributed by atoms with Gasteiger partial charge in [-0.3, -0.25) is 0 Å². The molecular weight excluding hydrogens is 188 g/mol. The molecule has 0 aliphatic heterocycles. The minimum Gasteiger partial charge on any atom is -0.458 e. The van der Waals surface area contributed by atoms with Crippen LogP contribution < -0.4 is 0 Å². The maximum absolute atomic E-state index is 11.4. The quantitative estimate of drug-likeness (QED) is 0.554. The van der Waals surface area contributed by atoms with Gasteiger partial charge in [0.05, 0.1) is 5.56 Å². The van der Waals surface area contributed by atoms with Crippen LogP contribution in [0.1, 0.15) is 17.3 Å². The first-order chi connectivity index (χ1) is 7.34. The Bertz CT molecular complexity index is 350. The van der Waals surface area contributed by atoms with Gasteiger partial charge in [0.1, 0.15) is 6.61 Å². The molecule has 0 heterocycles. The van der Waals surface area contributed by atoms with Crippen LogP contribution in [0.4, 0.5) is 0 Å². The number of allylic oxidation sites excluding steroid dienone is 3. The third-order valence-corrected chi connectivity index (χ3v) is 1.76. The first-order valence-corrected chi connectivity index (χ1v) is 4.84. The molecule has 0 radical (unpaired) electrons. The summed E-state index contributed by atoms with van der Waals surface area (Å²) >= 11 is 0. The summed E-state index contributed by atoms with van der Waals surface area (Å²) in [6.07, 6.45) is 7.44. The van der Waals surface area contributed by atoms with E-state index in [1.54, 1.807) is 18.2 Å². The molecule has 2 nitrogen and oxygen atoms in total. The van der Waals surface area contributed by atoms with Gasteiger partial charge in [-0.1, -0.05) is 36.4 Å². The van der Waals surface area contributed by atoms with E-state index in [4.69, 9.17) is 4.74 Å². The summed E-state index contributed by atoms with van der Waals surface area (Å²) in [5.41, 5.74) is 0.580. The van der Waals surface area contributed by atoms with Crippen molar-refractivity contribution in [1.29, 1.82) is 0 Å². The highest BCUT2D eigenvalue weighted by molar-refractivity contribution is 5.89. The Morgan fingerprint density at radius 2 is 2.00 bits per heavy atom. The number of hydrogen-bond donors (Lipinski definition) is 0. The molecule has 2 heteroatoms. The zero-order chi connectivity index (χ0) is 10.9. The van der Waals surface area contributed by atoms with Crippen LogP contribution in [0.2, 0.25) is 0 Å². The zero-order valence-electron chi connectivity index (χ0n) is 8.72. The number of carbonyl (C=O) groups excluding carboxylic acids is 1. The molecule has 0 saturated heterocycles. The van der Waals surface area contributed by atoms with Gasteiger partial charge < -0.3 is 4.74 Å². The lowest BCUT2D eigenvalue weighted by atomic mass is 10.2. The van der Waals surface area contributed by atoms with E-state index in [2.05, 4.69) is 0 Å². The molecule has 0 N–H and O–H groups in total. The standard InChI is InChI=1S/C13H14O2/c1-2-3-4-8-11-15-13(14)12-9-6-5-7-10-12/h2-10H,11H2,1H3/b3-2+,8-4?. The van der Waals surface area contributed by atoms with Gasteiger partial charge >= 0.3 is 5.97 Å². The van der Waals surface area contributed by atoms with Crippen LogP contribution in [0.25, 0.3) is 0 Å². The second-order valence-corrected chi connectivity index (χ2v) is 2.92. The SMILES string of the molecule is C/C=C/C=CCOC(=O)c1ccccc1. The molecule has 0 fully saturated rings. The Kier molecular flexibility index (Phi) is 4.95. The van der Waals surface area contributed by atoms with Crippen LogP contribution in [-0.4, -0.2) is 12.6 Å². The summed E-state index contributed by atoms with van der Waals surface area (Å²) in [5, 5.41) is 0. The second-order valence-electron chi connectivity index (χ2n) is 2.92. The number of benzene rings is 1. The summed E-state index contributed by atoms with van der Waals surface area (Å²) in [6, 6.07) is 8.96. The van der Waals surface area contributed by atoms with Gasteiger partial charge in [-0.05, 0) is 25.1 Å². The molecule has 0 bridgehead atoms. The molecule has 1 aromatic carbocycles. The van der Waals surface area contributed by atoms with Gasteiger partial charge in [-0.25, -0.2) is 4.79 Å². The van der Waals surface area contributed by atoms with Crippen LogP contribution in [0.15, 0.2) is 54.6 Å². The number of ether oxygens (including phenoxy) is 1. The molecular formula is C13H14O2. The van der Waals surface area contributed by atoms with E-state index >= 15 is 0 Å². The monoisotopic (exact) mass is 202 g/mol. The molecule has 78 valence electrons. The fraction of sp³-hybridized carbons (Fsp3) is 0.154. The van der Waals surface area contributed by atoms with Gasteiger partial charge in [0.25, 0.3) is 0 Å². The van der Waals surface area contributed by atoms with Crippen molar-refractivity contribution >= 4 is 5.97 Å². The number of rotatable bonds is 4. The van der Waals surface area contributed by atoms with E-state index in [1.165, 1.54) is 0 Å². The summed E-state index contributed by atoms with van der Waals surface area (Å²) in [5.74, 6) is -0.291. The van der Waals surface area contributed by atoms with E-state index in [1.807, 2.05) is 43.4 Å². The molecule has 0 aliphatic rings. The van der Waals surface area contributed by atoms with E-state index in [0.717, 1.165) is 0 Å². The highest BCUT2D eigenvalue weighted by Gasteiger charge is 2.03. The van der Waals surface area contributed by atoms with Crippen molar-refractivity contribution in [1.82, 2.24) is 0 Å². The maximum Gasteiger partial charge on any atom is 0.338 e. The van der Waals surface area contributed by atoms with Crippen molar-refractivity contribution in [3.05, 3.63) is 60.2 Å². The van der Waals surface area contributed by atoms with E-state index in [0.29, 0.717) is 12.2 Å². The van der Waals surface area contributed by atoms with Gasteiger partial charge in [-0.15, -0.1) is 0 Å². The number of carbonyl (C=O) groups is 1. The molecule has 1 aromatic rings. The van der Waals surface area contributed by atoms with E-state index in [9.17, 15) is 4.79 Å². The lowest BCUT2D eigenvalue weighted by Gasteiger charge is -2.00. The predicted molar refractivity (Wildman–Crippen MR) is 60.7 cm³/mol. The van der Waals surface area contributed by atoms with Crippen LogP contribution in [-0.2, 0) is 4.74 Å². The summed E-state index contributed by atoms with van der Waals surface area (Å²) in [6.45, 7) is 2.23. The van der Waals surface area contributed by atoms with E-state index < -0.39 is 0 Å².